The van der Waals surface area contributed by atoms with E-state index < -0.39 is 23.9 Å². The molecule has 0 aliphatic heterocycles. The van der Waals surface area contributed by atoms with Crippen molar-refractivity contribution in [3.8, 4) is 0 Å². The normalized spacial score (nSPS) is 11.0. The highest BCUT2D eigenvalue weighted by atomic mass is 32.2. The molecule has 2 rings (SSSR count). The van der Waals surface area contributed by atoms with Crippen LogP contribution in [0.25, 0.3) is 0 Å². The average Bonchev–Trinajstić information content (AvgIpc) is 2.86. The van der Waals surface area contributed by atoms with E-state index in [-0.39, 0.29) is 11.6 Å². The van der Waals surface area contributed by atoms with Crippen LogP contribution in [-0.2, 0) is 5.75 Å². The third kappa shape index (κ3) is 3.13. The number of thioether (sulfide) groups is 1. The predicted molar refractivity (Wildman–Crippen MR) is 66.4 cm³/mol. The molecule has 0 fully saturated rings. The van der Waals surface area contributed by atoms with Gasteiger partial charge in [-0.2, -0.15) is 8.78 Å². The van der Waals surface area contributed by atoms with Crippen LogP contribution in [0.1, 0.15) is 22.7 Å². The summed E-state index contributed by atoms with van der Waals surface area (Å²) in [5.41, 5.74) is -0.452. The molecule has 106 valence electrons. The van der Waals surface area contributed by atoms with E-state index in [9.17, 15) is 18.0 Å². The van der Waals surface area contributed by atoms with E-state index in [1.54, 1.807) is 0 Å². The number of hydrogen-bond acceptors (Lipinski definition) is 3. The van der Waals surface area contributed by atoms with E-state index >= 15 is 0 Å². The molecule has 20 heavy (non-hydrogen) atoms. The fourth-order valence-electron chi connectivity index (χ4n) is 1.54. The Morgan fingerprint density at radius 1 is 1.45 bits per heavy atom. The second-order valence-electron chi connectivity index (χ2n) is 3.76. The number of nitrogens with zero attached hydrogens (tertiary/aromatic N) is 2. The molecule has 0 aliphatic rings. The molecule has 0 spiro atoms. The molecule has 8 heteroatoms. The minimum absolute atomic E-state index is 0.127. The number of imidazole rings is 1. The van der Waals surface area contributed by atoms with Crippen molar-refractivity contribution in [2.75, 3.05) is 0 Å². The standard InChI is InChI=1S/C12H9F3N2O2S/c13-9-2-1-7(5-8(9)11(18)19)20-6-10-16-3-4-17(10)12(14)15/h1-5,12H,6H2,(H,18,19). The maximum Gasteiger partial charge on any atom is 0.338 e. The smallest absolute Gasteiger partial charge is 0.338 e. The van der Waals surface area contributed by atoms with Crippen molar-refractivity contribution in [2.45, 2.75) is 17.2 Å². The summed E-state index contributed by atoms with van der Waals surface area (Å²) in [6.07, 6.45) is 2.42. The topological polar surface area (TPSA) is 55.1 Å². The molecule has 0 atom stereocenters. The fourth-order valence-corrected chi connectivity index (χ4v) is 2.42. The van der Waals surface area contributed by atoms with Crippen LogP contribution in [0.2, 0.25) is 0 Å². The van der Waals surface area contributed by atoms with E-state index in [0.29, 0.717) is 9.46 Å². The number of carboxylic acids is 1. The lowest BCUT2D eigenvalue weighted by atomic mass is 10.2. The van der Waals surface area contributed by atoms with Crippen molar-refractivity contribution in [3.05, 3.63) is 47.8 Å². The molecule has 2 aromatic rings. The summed E-state index contributed by atoms with van der Waals surface area (Å²) in [5, 5.41) is 8.79. The zero-order valence-corrected chi connectivity index (χ0v) is 10.8. The van der Waals surface area contributed by atoms with Crippen LogP contribution in [-0.4, -0.2) is 20.6 Å². The van der Waals surface area contributed by atoms with Gasteiger partial charge in [0.1, 0.15) is 11.6 Å². The Kier molecular flexibility index (Phi) is 4.33. The molecule has 0 radical (unpaired) electrons. The van der Waals surface area contributed by atoms with Crippen LogP contribution in [0.3, 0.4) is 0 Å². The van der Waals surface area contributed by atoms with E-state index in [0.717, 1.165) is 30.1 Å². The first-order valence-electron chi connectivity index (χ1n) is 5.44. The van der Waals surface area contributed by atoms with Crippen molar-refractivity contribution in [2.24, 2.45) is 0 Å². The number of halogens is 3. The number of alkyl halides is 2. The van der Waals surface area contributed by atoms with Gasteiger partial charge in [0, 0.05) is 17.3 Å². The molecular weight excluding hydrogens is 293 g/mol. The molecule has 0 saturated carbocycles. The maximum atomic E-state index is 13.2. The Hall–Kier alpha value is -1.96. The zero-order chi connectivity index (χ0) is 14.7. The first kappa shape index (κ1) is 14.4. The molecule has 0 aliphatic carbocycles. The summed E-state index contributed by atoms with van der Waals surface area (Å²) < 4.78 is 39.1. The van der Waals surface area contributed by atoms with Crippen molar-refractivity contribution in [1.29, 1.82) is 0 Å². The molecule has 1 aromatic heterocycles. The number of aromatic nitrogens is 2. The molecule has 0 amide bonds. The first-order valence-corrected chi connectivity index (χ1v) is 6.43. The molecule has 0 unspecified atom stereocenters. The largest absolute Gasteiger partial charge is 0.478 e. The molecule has 0 saturated heterocycles. The van der Waals surface area contributed by atoms with Gasteiger partial charge in [-0.3, -0.25) is 4.57 Å². The van der Waals surface area contributed by atoms with Crippen LogP contribution >= 0.6 is 11.8 Å². The lowest BCUT2D eigenvalue weighted by Crippen LogP contribution is -2.02. The summed E-state index contributed by atoms with van der Waals surface area (Å²) in [6.45, 7) is -2.68. The Labute approximate surface area is 116 Å². The summed E-state index contributed by atoms with van der Waals surface area (Å²) >= 11 is 1.10. The van der Waals surface area contributed by atoms with E-state index in [1.807, 2.05) is 0 Å². The van der Waals surface area contributed by atoms with Gasteiger partial charge in [-0.1, -0.05) is 0 Å². The Bertz CT molecular complexity index is 631. The van der Waals surface area contributed by atoms with Crippen molar-refractivity contribution >= 4 is 17.7 Å². The van der Waals surface area contributed by atoms with E-state index in [4.69, 9.17) is 5.11 Å². The van der Waals surface area contributed by atoms with Crippen LogP contribution in [0, 0.1) is 5.82 Å². The van der Waals surface area contributed by atoms with Gasteiger partial charge in [0.25, 0.3) is 0 Å². The van der Waals surface area contributed by atoms with Crippen LogP contribution in [0.15, 0.2) is 35.5 Å². The summed E-state index contributed by atoms with van der Waals surface area (Å²) in [7, 11) is 0. The zero-order valence-electron chi connectivity index (χ0n) is 9.96. The number of aromatic carboxylic acids is 1. The van der Waals surface area contributed by atoms with Gasteiger partial charge < -0.3 is 5.11 Å². The molecular formula is C12H9F3N2O2S. The second kappa shape index (κ2) is 6.00. The van der Waals surface area contributed by atoms with Gasteiger partial charge in [0.05, 0.1) is 11.3 Å². The summed E-state index contributed by atoms with van der Waals surface area (Å²) in [5.74, 6) is -1.93. The third-order valence-corrected chi connectivity index (χ3v) is 3.49. The Morgan fingerprint density at radius 3 is 2.85 bits per heavy atom. The van der Waals surface area contributed by atoms with Gasteiger partial charge in [-0.25, -0.2) is 14.2 Å². The lowest BCUT2D eigenvalue weighted by molar-refractivity contribution is 0.0674. The minimum Gasteiger partial charge on any atom is -0.478 e. The minimum atomic E-state index is -2.68. The van der Waals surface area contributed by atoms with Gasteiger partial charge >= 0.3 is 12.5 Å². The van der Waals surface area contributed by atoms with Crippen molar-refractivity contribution in [3.63, 3.8) is 0 Å². The van der Waals surface area contributed by atoms with Crippen LogP contribution in [0.4, 0.5) is 13.2 Å². The highest BCUT2D eigenvalue weighted by Crippen LogP contribution is 2.25. The number of rotatable bonds is 5. The van der Waals surface area contributed by atoms with Crippen LogP contribution < -0.4 is 0 Å². The third-order valence-electron chi connectivity index (χ3n) is 2.50. The Balaban J connectivity index is 2.13. The first-order chi connectivity index (χ1) is 9.49. The second-order valence-corrected chi connectivity index (χ2v) is 4.81. The van der Waals surface area contributed by atoms with Gasteiger partial charge in [-0.05, 0) is 18.2 Å². The van der Waals surface area contributed by atoms with Gasteiger partial charge in [0.2, 0.25) is 0 Å². The van der Waals surface area contributed by atoms with E-state index in [2.05, 4.69) is 4.98 Å². The number of carbonyl (C=O) groups is 1. The number of carboxylic acid groups (broad SMARTS) is 1. The summed E-state index contributed by atoms with van der Waals surface area (Å²) in [4.78, 5) is 15.1. The summed E-state index contributed by atoms with van der Waals surface area (Å²) in [6, 6.07) is 3.59. The SMILES string of the molecule is O=C(O)c1cc(SCc2nccn2C(F)F)ccc1F. The molecule has 0 bridgehead atoms. The highest BCUT2D eigenvalue weighted by Gasteiger charge is 2.14. The van der Waals surface area contributed by atoms with Crippen molar-refractivity contribution in [1.82, 2.24) is 9.55 Å². The molecule has 1 heterocycles. The number of hydrogen-bond donors (Lipinski definition) is 1. The fraction of sp³-hybridized carbons (Fsp3) is 0.167. The monoisotopic (exact) mass is 302 g/mol. The van der Waals surface area contributed by atoms with Crippen molar-refractivity contribution < 1.29 is 23.1 Å². The quantitative estimate of drug-likeness (QED) is 0.860. The lowest BCUT2D eigenvalue weighted by Gasteiger charge is -2.07. The van der Waals surface area contributed by atoms with Gasteiger partial charge in [0.15, 0.2) is 0 Å². The average molecular weight is 302 g/mol. The number of benzene rings is 1. The van der Waals surface area contributed by atoms with E-state index in [1.165, 1.54) is 12.3 Å². The van der Waals surface area contributed by atoms with Gasteiger partial charge in [-0.15, -0.1) is 11.8 Å². The Morgan fingerprint density at radius 2 is 2.20 bits per heavy atom. The maximum absolute atomic E-state index is 13.2. The van der Waals surface area contributed by atoms with Crippen LogP contribution in [0.5, 0.6) is 0 Å². The highest BCUT2D eigenvalue weighted by molar-refractivity contribution is 7.98. The molecule has 1 aromatic carbocycles. The molecule has 1 N–H and O–H groups in total. The predicted octanol–water partition coefficient (Wildman–Crippen LogP) is 3.41. The molecule has 4 nitrogen and oxygen atoms in total.